The molecule has 1 aliphatic carbocycles. The van der Waals surface area contributed by atoms with Crippen molar-refractivity contribution in [1.82, 2.24) is 5.32 Å². The molecule has 0 bridgehead atoms. The first-order valence-electron chi connectivity index (χ1n) is 6.99. The summed E-state index contributed by atoms with van der Waals surface area (Å²) in [7, 11) is 0. The smallest absolute Gasteiger partial charge is 0.142 e. The van der Waals surface area contributed by atoms with Gasteiger partial charge in [-0.1, -0.05) is 30.2 Å². The average Bonchev–Trinajstić information content (AvgIpc) is 2.26. The first-order chi connectivity index (χ1) is 8.81. The summed E-state index contributed by atoms with van der Waals surface area (Å²) < 4.78 is 13.5. The van der Waals surface area contributed by atoms with E-state index in [1.165, 1.54) is 25.3 Å². The van der Waals surface area contributed by atoms with Gasteiger partial charge < -0.3 is 5.32 Å². The van der Waals surface area contributed by atoms with Crippen LogP contribution in [0.2, 0.25) is 5.02 Å². The van der Waals surface area contributed by atoms with Gasteiger partial charge in [0, 0.05) is 12.1 Å². The summed E-state index contributed by atoms with van der Waals surface area (Å²) in [6.07, 6.45) is 4.53. The molecule has 1 aromatic carbocycles. The number of rotatable bonds is 4. The van der Waals surface area contributed by atoms with E-state index in [2.05, 4.69) is 26.1 Å². The number of hydrogen-bond donors (Lipinski definition) is 1. The Balaban J connectivity index is 2.08. The second kappa shape index (κ2) is 5.41. The van der Waals surface area contributed by atoms with Gasteiger partial charge >= 0.3 is 0 Å². The highest BCUT2D eigenvalue weighted by atomic mass is 35.5. The lowest BCUT2D eigenvalue weighted by molar-refractivity contribution is 0.118. The van der Waals surface area contributed by atoms with E-state index in [1.54, 1.807) is 6.07 Å². The van der Waals surface area contributed by atoms with Crippen LogP contribution in [0.1, 0.15) is 45.6 Å². The fourth-order valence-electron chi connectivity index (χ4n) is 2.63. The molecule has 0 spiro atoms. The molecular weight excluding hydrogens is 261 g/mol. The molecule has 106 valence electrons. The topological polar surface area (TPSA) is 12.0 Å². The Labute approximate surface area is 120 Å². The molecule has 0 atom stereocenters. The zero-order chi connectivity index (χ0) is 14.1. The van der Waals surface area contributed by atoms with Gasteiger partial charge in [0.05, 0.1) is 5.02 Å². The van der Waals surface area contributed by atoms with Crippen LogP contribution in [-0.4, -0.2) is 12.1 Å². The van der Waals surface area contributed by atoms with Crippen LogP contribution in [0.15, 0.2) is 18.2 Å². The Hall–Kier alpha value is -0.600. The van der Waals surface area contributed by atoms with E-state index in [4.69, 9.17) is 11.6 Å². The maximum atomic E-state index is 13.5. The summed E-state index contributed by atoms with van der Waals surface area (Å²) >= 11 is 6.08. The number of hydrogen-bond acceptors (Lipinski definition) is 1. The zero-order valence-corrected chi connectivity index (χ0v) is 12.8. The Bertz CT molecular complexity index is 447. The summed E-state index contributed by atoms with van der Waals surface area (Å²) in [5.41, 5.74) is 1.32. The molecule has 1 aromatic rings. The van der Waals surface area contributed by atoms with E-state index >= 15 is 0 Å². The second-order valence-electron chi connectivity index (χ2n) is 6.85. The summed E-state index contributed by atoms with van der Waals surface area (Å²) in [6.45, 7) is 7.50. The first kappa shape index (κ1) is 14.8. The SMILES string of the molecule is CC(C)(C)NCC1(Cc2cccc(F)c2Cl)CCC1. The van der Waals surface area contributed by atoms with Crippen molar-refractivity contribution in [2.75, 3.05) is 6.54 Å². The van der Waals surface area contributed by atoms with Crippen molar-refractivity contribution in [1.29, 1.82) is 0 Å². The van der Waals surface area contributed by atoms with Crippen LogP contribution in [0, 0.1) is 11.2 Å². The monoisotopic (exact) mass is 283 g/mol. The molecule has 1 saturated carbocycles. The van der Waals surface area contributed by atoms with Crippen LogP contribution in [0.5, 0.6) is 0 Å². The summed E-state index contributed by atoms with van der Waals surface area (Å²) in [5, 5.41) is 3.88. The van der Waals surface area contributed by atoms with Gasteiger partial charge in [0.25, 0.3) is 0 Å². The van der Waals surface area contributed by atoms with E-state index < -0.39 is 0 Å². The fourth-order valence-corrected chi connectivity index (χ4v) is 2.83. The minimum Gasteiger partial charge on any atom is -0.312 e. The quantitative estimate of drug-likeness (QED) is 0.853. The van der Waals surface area contributed by atoms with Gasteiger partial charge in [-0.25, -0.2) is 4.39 Å². The molecule has 1 aliphatic rings. The van der Waals surface area contributed by atoms with Gasteiger partial charge in [-0.15, -0.1) is 0 Å². The molecule has 3 heteroatoms. The summed E-state index contributed by atoms with van der Waals surface area (Å²) in [4.78, 5) is 0. The van der Waals surface area contributed by atoms with Gasteiger partial charge in [0.2, 0.25) is 0 Å². The van der Waals surface area contributed by atoms with Crippen molar-refractivity contribution in [3.8, 4) is 0 Å². The fraction of sp³-hybridized carbons (Fsp3) is 0.625. The summed E-state index contributed by atoms with van der Waals surface area (Å²) in [5.74, 6) is -0.308. The van der Waals surface area contributed by atoms with Gasteiger partial charge in [-0.3, -0.25) is 0 Å². The predicted octanol–water partition coefficient (Wildman–Crippen LogP) is 4.58. The normalized spacial score (nSPS) is 18.2. The van der Waals surface area contributed by atoms with E-state index in [0.717, 1.165) is 18.5 Å². The van der Waals surface area contributed by atoms with E-state index in [0.29, 0.717) is 5.02 Å². The molecule has 0 unspecified atom stereocenters. The van der Waals surface area contributed by atoms with Crippen LogP contribution >= 0.6 is 11.6 Å². The molecule has 19 heavy (non-hydrogen) atoms. The molecule has 0 heterocycles. The highest BCUT2D eigenvalue weighted by Crippen LogP contribution is 2.44. The molecule has 2 rings (SSSR count). The van der Waals surface area contributed by atoms with E-state index in [-0.39, 0.29) is 16.8 Å². The Morgan fingerprint density at radius 1 is 1.32 bits per heavy atom. The van der Waals surface area contributed by atoms with Crippen LogP contribution in [0.25, 0.3) is 0 Å². The maximum Gasteiger partial charge on any atom is 0.142 e. The standard InChI is InChI=1S/C16H23ClFN/c1-15(2,3)19-11-16(8-5-9-16)10-12-6-4-7-13(18)14(12)17/h4,6-7,19H,5,8-11H2,1-3H3. The van der Waals surface area contributed by atoms with Crippen molar-refractivity contribution in [2.45, 2.75) is 52.0 Å². The van der Waals surface area contributed by atoms with Crippen LogP contribution < -0.4 is 5.32 Å². The van der Waals surface area contributed by atoms with Crippen molar-refractivity contribution in [3.63, 3.8) is 0 Å². The highest BCUT2D eigenvalue weighted by Gasteiger charge is 2.38. The van der Waals surface area contributed by atoms with E-state index in [9.17, 15) is 4.39 Å². The lowest BCUT2D eigenvalue weighted by Crippen LogP contribution is -2.48. The molecule has 1 N–H and O–H groups in total. The zero-order valence-electron chi connectivity index (χ0n) is 12.0. The summed E-state index contributed by atoms with van der Waals surface area (Å²) in [6, 6.07) is 5.12. The highest BCUT2D eigenvalue weighted by molar-refractivity contribution is 6.31. The first-order valence-corrected chi connectivity index (χ1v) is 7.37. The largest absolute Gasteiger partial charge is 0.312 e. The number of benzene rings is 1. The number of halogens is 2. The predicted molar refractivity (Wildman–Crippen MR) is 79.2 cm³/mol. The second-order valence-corrected chi connectivity index (χ2v) is 7.22. The minimum absolute atomic E-state index is 0.119. The molecule has 0 aromatic heterocycles. The Morgan fingerprint density at radius 3 is 2.53 bits per heavy atom. The van der Waals surface area contributed by atoms with Crippen LogP contribution in [0.3, 0.4) is 0 Å². The third-order valence-electron chi connectivity index (χ3n) is 4.00. The van der Waals surface area contributed by atoms with Gasteiger partial charge in [-0.05, 0) is 57.1 Å². The molecule has 0 amide bonds. The van der Waals surface area contributed by atoms with Crippen molar-refractivity contribution in [3.05, 3.63) is 34.6 Å². The lowest BCUT2D eigenvalue weighted by atomic mass is 9.65. The molecule has 0 saturated heterocycles. The van der Waals surface area contributed by atoms with Gasteiger partial charge in [0.1, 0.15) is 5.82 Å². The molecule has 1 nitrogen and oxygen atoms in total. The van der Waals surface area contributed by atoms with Gasteiger partial charge in [-0.2, -0.15) is 0 Å². The molecular formula is C16H23ClFN. The van der Waals surface area contributed by atoms with Gasteiger partial charge in [0.15, 0.2) is 0 Å². The van der Waals surface area contributed by atoms with Crippen molar-refractivity contribution in [2.24, 2.45) is 5.41 Å². The number of nitrogens with one attached hydrogen (secondary N) is 1. The van der Waals surface area contributed by atoms with E-state index in [1.807, 2.05) is 6.07 Å². The third kappa shape index (κ3) is 3.70. The van der Waals surface area contributed by atoms with Crippen molar-refractivity contribution >= 4 is 11.6 Å². The average molecular weight is 284 g/mol. The third-order valence-corrected chi connectivity index (χ3v) is 4.43. The van der Waals surface area contributed by atoms with Crippen molar-refractivity contribution < 1.29 is 4.39 Å². The van der Waals surface area contributed by atoms with Crippen LogP contribution in [-0.2, 0) is 6.42 Å². The molecule has 0 aliphatic heterocycles. The maximum absolute atomic E-state index is 13.5. The Morgan fingerprint density at radius 2 is 2.00 bits per heavy atom. The lowest BCUT2D eigenvalue weighted by Gasteiger charge is -2.44. The molecule has 0 radical (unpaired) electrons. The Kier molecular flexibility index (Phi) is 4.22. The van der Waals surface area contributed by atoms with Crippen LogP contribution in [0.4, 0.5) is 4.39 Å². The molecule has 1 fully saturated rings. The minimum atomic E-state index is -0.308.